The third-order valence-corrected chi connectivity index (χ3v) is 3.04. The Morgan fingerprint density at radius 1 is 1.13 bits per heavy atom. The molecule has 0 aliphatic carbocycles. The molecule has 6 nitrogen and oxygen atoms in total. The van der Waals surface area contributed by atoms with Gasteiger partial charge in [0.2, 0.25) is 0 Å². The first-order valence-electron chi connectivity index (χ1n) is 7.63. The van der Waals surface area contributed by atoms with E-state index in [9.17, 15) is 0 Å². The highest BCUT2D eigenvalue weighted by molar-refractivity contribution is 5.79. The van der Waals surface area contributed by atoms with Crippen molar-refractivity contribution in [2.24, 2.45) is 4.99 Å². The van der Waals surface area contributed by atoms with Crippen molar-refractivity contribution in [3.8, 4) is 11.5 Å². The van der Waals surface area contributed by atoms with Gasteiger partial charge in [0.1, 0.15) is 30.4 Å². The van der Waals surface area contributed by atoms with E-state index in [0.29, 0.717) is 19.7 Å². The predicted molar refractivity (Wildman–Crippen MR) is 90.0 cm³/mol. The summed E-state index contributed by atoms with van der Waals surface area (Å²) in [6.45, 7) is 4.51. The maximum atomic E-state index is 5.67. The first kappa shape index (κ1) is 16.7. The summed E-state index contributed by atoms with van der Waals surface area (Å²) in [6.07, 6.45) is 1.65. The van der Waals surface area contributed by atoms with Gasteiger partial charge in [0.15, 0.2) is 5.96 Å². The predicted octanol–water partition coefficient (Wildman–Crippen LogP) is 2.42. The quantitative estimate of drug-likeness (QED) is 0.445. The van der Waals surface area contributed by atoms with E-state index < -0.39 is 0 Å². The fourth-order valence-corrected chi connectivity index (χ4v) is 1.91. The summed E-state index contributed by atoms with van der Waals surface area (Å²) in [5.41, 5.74) is 0. The molecule has 1 heterocycles. The zero-order valence-electron chi connectivity index (χ0n) is 13.5. The molecule has 2 N–H and O–H groups in total. The number of furan rings is 1. The summed E-state index contributed by atoms with van der Waals surface area (Å²) in [4.78, 5) is 4.45. The van der Waals surface area contributed by atoms with E-state index in [-0.39, 0.29) is 0 Å². The second-order valence-corrected chi connectivity index (χ2v) is 4.73. The number of hydrogen-bond donors (Lipinski definition) is 2. The van der Waals surface area contributed by atoms with Crippen LogP contribution >= 0.6 is 0 Å². The van der Waals surface area contributed by atoms with Crippen molar-refractivity contribution in [2.75, 3.05) is 26.8 Å². The molecule has 6 heteroatoms. The highest BCUT2D eigenvalue weighted by Crippen LogP contribution is 2.16. The molecule has 0 saturated heterocycles. The van der Waals surface area contributed by atoms with Crippen LogP contribution in [0.5, 0.6) is 11.5 Å². The van der Waals surface area contributed by atoms with E-state index in [0.717, 1.165) is 29.8 Å². The number of benzene rings is 1. The Hall–Kier alpha value is -2.63. The van der Waals surface area contributed by atoms with Gasteiger partial charge in [-0.3, -0.25) is 0 Å². The minimum Gasteiger partial charge on any atom is -0.497 e. The van der Waals surface area contributed by atoms with Gasteiger partial charge in [0.05, 0.1) is 19.9 Å². The zero-order valence-corrected chi connectivity index (χ0v) is 13.5. The Kier molecular flexibility index (Phi) is 6.84. The van der Waals surface area contributed by atoms with E-state index >= 15 is 0 Å². The molecule has 0 bridgehead atoms. The van der Waals surface area contributed by atoms with Crippen LogP contribution in [0.4, 0.5) is 0 Å². The highest BCUT2D eigenvalue weighted by atomic mass is 16.5. The number of hydrogen-bond acceptors (Lipinski definition) is 4. The molecule has 0 aliphatic rings. The van der Waals surface area contributed by atoms with Crippen LogP contribution in [0.25, 0.3) is 0 Å². The van der Waals surface area contributed by atoms with Crippen molar-refractivity contribution in [3.63, 3.8) is 0 Å². The largest absolute Gasteiger partial charge is 0.497 e. The molecule has 0 fully saturated rings. The van der Waals surface area contributed by atoms with E-state index in [1.165, 1.54) is 0 Å². The Morgan fingerprint density at radius 2 is 1.91 bits per heavy atom. The second kappa shape index (κ2) is 9.40. The lowest BCUT2D eigenvalue weighted by Crippen LogP contribution is -2.39. The van der Waals surface area contributed by atoms with Crippen molar-refractivity contribution in [1.29, 1.82) is 0 Å². The molecule has 0 aliphatic heterocycles. The van der Waals surface area contributed by atoms with Crippen molar-refractivity contribution >= 4 is 5.96 Å². The summed E-state index contributed by atoms with van der Waals surface area (Å²) >= 11 is 0. The fourth-order valence-electron chi connectivity index (χ4n) is 1.91. The standard InChI is InChI=1S/C17H23N3O3/c1-3-18-17(20-13-16-5-4-11-22-16)19-10-12-23-15-8-6-14(21-2)7-9-15/h4-9,11H,3,10,12-13H2,1-2H3,(H2,18,19,20). The number of ether oxygens (including phenoxy) is 2. The molecule has 124 valence electrons. The van der Waals surface area contributed by atoms with Gasteiger partial charge in [-0.05, 0) is 43.3 Å². The van der Waals surface area contributed by atoms with Crippen LogP contribution in [0.15, 0.2) is 52.1 Å². The molecule has 2 rings (SSSR count). The molecule has 0 saturated carbocycles. The lowest BCUT2D eigenvalue weighted by molar-refractivity contribution is 0.321. The molecule has 2 aromatic rings. The molecule has 0 atom stereocenters. The third kappa shape index (κ3) is 5.94. The van der Waals surface area contributed by atoms with Gasteiger partial charge < -0.3 is 24.5 Å². The van der Waals surface area contributed by atoms with Crippen LogP contribution in [-0.4, -0.2) is 32.8 Å². The SMILES string of the molecule is CCNC(=NCc1ccco1)NCCOc1ccc(OC)cc1. The van der Waals surface area contributed by atoms with Gasteiger partial charge in [-0.25, -0.2) is 4.99 Å². The molecule has 1 aromatic heterocycles. The first-order chi connectivity index (χ1) is 11.3. The van der Waals surface area contributed by atoms with Gasteiger partial charge >= 0.3 is 0 Å². The highest BCUT2D eigenvalue weighted by Gasteiger charge is 1.99. The Bertz CT molecular complexity index is 580. The average molecular weight is 317 g/mol. The van der Waals surface area contributed by atoms with Gasteiger partial charge in [0, 0.05) is 6.54 Å². The molecular weight excluding hydrogens is 294 g/mol. The maximum absolute atomic E-state index is 5.67. The lowest BCUT2D eigenvalue weighted by atomic mass is 10.3. The number of methoxy groups -OCH3 is 1. The van der Waals surface area contributed by atoms with Crippen molar-refractivity contribution in [1.82, 2.24) is 10.6 Å². The van der Waals surface area contributed by atoms with Crippen LogP contribution in [0.3, 0.4) is 0 Å². The zero-order chi connectivity index (χ0) is 16.3. The Balaban J connectivity index is 1.73. The minimum atomic E-state index is 0.502. The normalized spacial score (nSPS) is 11.1. The van der Waals surface area contributed by atoms with Gasteiger partial charge in [-0.1, -0.05) is 0 Å². The molecule has 0 radical (unpaired) electrons. The Morgan fingerprint density at radius 3 is 2.57 bits per heavy atom. The molecule has 0 amide bonds. The first-order valence-corrected chi connectivity index (χ1v) is 7.63. The Labute approximate surface area is 136 Å². The number of rotatable bonds is 8. The van der Waals surface area contributed by atoms with Crippen molar-refractivity contribution < 1.29 is 13.9 Å². The number of aliphatic imine (C=N–C) groups is 1. The topological polar surface area (TPSA) is 68.0 Å². The number of nitrogens with zero attached hydrogens (tertiary/aromatic N) is 1. The van der Waals surface area contributed by atoms with E-state index in [4.69, 9.17) is 13.9 Å². The maximum Gasteiger partial charge on any atom is 0.191 e. The van der Waals surface area contributed by atoms with Crippen LogP contribution in [0.2, 0.25) is 0 Å². The molecule has 0 unspecified atom stereocenters. The van der Waals surface area contributed by atoms with Gasteiger partial charge in [0.25, 0.3) is 0 Å². The van der Waals surface area contributed by atoms with Crippen LogP contribution in [0, 0.1) is 0 Å². The number of guanidine groups is 1. The summed E-state index contributed by atoms with van der Waals surface area (Å²) in [7, 11) is 1.64. The van der Waals surface area contributed by atoms with E-state index in [1.807, 2.05) is 43.3 Å². The second-order valence-electron chi connectivity index (χ2n) is 4.73. The summed E-state index contributed by atoms with van der Waals surface area (Å²) in [5.74, 6) is 3.19. The fraction of sp³-hybridized carbons (Fsp3) is 0.353. The smallest absolute Gasteiger partial charge is 0.191 e. The van der Waals surface area contributed by atoms with Crippen molar-refractivity contribution in [2.45, 2.75) is 13.5 Å². The van der Waals surface area contributed by atoms with Crippen LogP contribution < -0.4 is 20.1 Å². The van der Waals surface area contributed by atoms with Crippen molar-refractivity contribution in [3.05, 3.63) is 48.4 Å². The summed E-state index contributed by atoms with van der Waals surface area (Å²) in [5, 5.41) is 6.41. The monoisotopic (exact) mass is 317 g/mol. The van der Waals surface area contributed by atoms with E-state index in [2.05, 4.69) is 15.6 Å². The minimum absolute atomic E-state index is 0.502. The molecule has 0 spiro atoms. The van der Waals surface area contributed by atoms with E-state index in [1.54, 1.807) is 13.4 Å². The number of nitrogens with one attached hydrogen (secondary N) is 2. The summed E-state index contributed by atoms with van der Waals surface area (Å²) in [6, 6.07) is 11.3. The molecule has 1 aromatic carbocycles. The van der Waals surface area contributed by atoms with Crippen LogP contribution in [-0.2, 0) is 6.54 Å². The molecule has 23 heavy (non-hydrogen) atoms. The lowest BCUT2D eigenvalue weighted by Gasteiger charge is -2.12. The van der Waals surface area contributed by atoms with Gasteiger partial charge in [-0.15, -0.1) is 0 Å². The van der Waals surface area contributed by atoms with Crippen LogP contribution in [0.1, 0.15) is 12.7 Å². The summed E-state index contributed by atoms with van der Waals surface area (Å²) < 4.78 is 16.0. The third-order valence-electron chi connectivity index (χ3n) is 3.04. The average Bonchev–Trinajstić information content (AvgIpc) is 3.10. The van der Waals surface area contributed by atoms with Gasteiger partial charge in [-0.2, -0.15) is 0 Å². The molecular formula is C17H23N3O3.